The Labute approximate surface area is 140 Å². The van der Waals surface area contributed by atoms with E-state index in [2.05, 4.69) is 43.4 Å². The van der Waals surface area contributed by atoms with Crippen molar-refractivity contribution in [3.63, 3.8) is 0 Å². The van der Waals surface area contributed by atoms with Gasteiger partial charge in [-0.3, -0.25) is 4.79 Å². The number of halogens is 1. The second kappa shape index (κ2) is 8.54. The highest BCUT2D eigenvalue weighted by atomic mass is 35.5. The molecule has 1 amide bonds. The maximum absolute atomic E-state index is 12.3. The Bertz CT molecular complexity index is 472. The summed E-state index contributed by atoms with van der Waals surface area (Å²) in [5.74, 6) is 0.767. The smallest absolute Gasteiger partial charge is 0.225 e. The summed E-state index contributed by atoms with van der Waals surface area (Å²) in [6.45, 7) is 6.49. The SMILES string of the molecule is CC(C)Cc1ccc(C(C)NC(=O)C2CCCC2N)cc1.Cl. The quantitative estimate of drug-likeness (QED) is 0.869. The minimum atomic E-state index is -0.00679. The van der Waals surface area contributed by atoms with Crippen molar-refractivity contribution in [1.29, 1.82) is 0 Å². The third-order valence-electron chi connectivity index (χ3n) is 4.39. The van der Waals surface area contributed by atoms with Crippen LogP contribution < -0.4 is 11.1 Å². The maximum atomic E-state index is 12.3. The van der Waals surface area contributed by atoms with Gasteiger partial charge in [-0.25, -0.2) is 0 Å². The molecule has 3 nitrogen and oxygen atoms in total. The summed E-state index contributed by atoms with van der Waals surface area (Å²) in [5, 5.41) is 3.11. The molecule has 4 heteroatoms. The van der Waals surface area contributed by atoms with Crippen LogP contribution in [-0.4, -0.2) is 11.9 Å². The van der Waals surface area contributed by atoms with Crippen molar-refractivity contribution in [1.82, 2.24) is 5.32 Å². The molecule has 3 unspecified atom stereocenters. The van der Waals surface area contributed by atoms with E-state index in [0.29, 0.717) is 5.92 Å². The van der Waals surface area contributed by atoms with Gasteiger partial charge in [0, 0.05) is 6.04 Å². The van der Waals surface area contributed by atoms with E-state index in [4.69, 9.17) is 5.73 Å². The lowest BCUT2D eigenvalue weighted by Crippen LogP contribution is -2.39. The largest absolute Gasteiger partial charge is 0.349 e. The van der Waals surface area contributed by atoms with Gasteiger partial charge in [0.25, 0.3) is 0 Å². The molecular formula is C18H29ClN2O. The zero-order chi connectivity index (χ0) is 15.4. The predicted molar refractivity (Wildman–Crippen MR) is 94.1 cm³/mol. The van der Waals surface area contributed by atoms with Crippen LogP contribution in [0.2, 0.25) is 0 Å². The van der Waals surface area contributed by atoms with Gasteiger partial charge in [-0.1, -0.05) is 44.5 Å². The summed E-state index contributed by atoms with van der Waals surface area (Å²) < 4.78 is 0. The van der Waals surface area contributed by atoms with Crippen LogP contribution in [0, 0.1) is 11.8 Å². The average molecular weight is 325 g/mol. The van der Waals surface area contributed by atoms with E-state index in [1.165, 1.54) is 5.56 Å². The maximum Gasteiger partial charge on any atom is 0.225 e. The van der Waals surface area contributed by atoms with E-state index in [1.807, 2.05) is 6.92 Å². The molecule has 0 radical (unpaired) electrons. The standard InChI is InChI=1S/C18H28N2O.ClH/c1-12(2)11-14-7-9-15(10-8-14)13(3)20-18(21)16-5-4-6-17(16)19;/h7-10,12-13,16-17H,4-6,11,19H2,1-3H3,(H,20,21);1H. The van der Waals surface area contributed by atoms with Crippen molar-refractivity contribution < 1.29 is 4.79 Å². The Morgan fingerprint density at radius 3 is 2.36 bits per heavy atom. The zero-order valence-electron chi connectivity index (χ0n) is 13.8. The Kier molecular flexibility index (Phi) is 7.37. The lowest BCUT2D eigenvalue weighted by Gasteiger charge is -2.20. The van der Waals surface area contributed by atoms with Crippen molar-refractivity contribution in [3.8, 4) is 0 Å². The summed E-state index contributed by atoms with van der Waals surface area (Å²) in [6, 6.07) is 8.65. The van der Waals surface area contributed by atoms with E-state index >= 15 is 0 Å². The van der Waals surface area contributed by atoms with Crippen LogP contribution in [0.1, 0.15) is 57.2 Å². The molecule has 0 saturated heterocycles. The third kappa shape index (κ3) is 4.99. The fraction of sp³-hybridized carbons (Fsp3) is 0.611. The Morgan fingerprint density at radius 2 is 1.86 bits per heavy atom. The minimum absolute atomic E-state index is 0. The average Bonchev–Trinajstić information content (AvgIpc) is 2.85. The molecule has 0 aromatic heterocycles. The molecule has 22 heavy (non-hydrogen) atoms. The summed E-state index contributed by atoms with van der Waals surface area (Å²) in [5.41, 5.74) is 8.51. The summed E-state index contributed by atoms with van der Waals surface area (Å²) >= 11 is 0. The van der Waals surface area contributed by atoms with Crippen LogP contribution in [0.25, 0.3) is 0 Å². The number of hydrogen-bond donors (Lipinski definition) is 2. The first-order valence-electron chi connectivity index (χ1n) is 8.12. The molecule has 0 spiro atoms. The molecule has 1 fully saturated rings. The monoisotopic (exact) mass is 324 g/mol. The van der Waals surface area contributed by atoms with E-state index < -0.39 is 0 Å². The van der Waals surface area contributed by atoms with Crippen LogP contribution in [0.3, 0.4) is 0 Å². The Hall–Kier alpha value is -1.06. The van der Waals surface area contributed by atoms with Crippen LogP contribution in [0.4, 0.5) is 0 Å². The lowest BCUT2D eigenvalue weighted by molar-refractivity contribution is -0.125. The first-order valence-corrected chi connectivity index (χ1v) is 8.12. The van der Waals surface area contributed by atoms with Crippen LogP contribution in [0.5, 0.6) is 0 Å². The van der Waals surface area contributed by atoms with Crippen molar-refractivity contribution >= 4 is 18.3 Å². The molecule has 1 aromatic carbocycles. The van der Waals surface area contributed by atoms with Gasteiger partial charge in [0.05, 0.1) is 12.0 Å². The summed E-state index contributed by atoms with van der Waals surface area (Å²) in [6.07, 6.45) is 4.05. The molecule has 3 atom stereocenters. The first-order chi connectivity index (χ1) is 9.97. The number of nitrogens with two attached hydrogens (primary N) is 1. The molecule has 3 N–H and O–H groups in total. The highest BCUT2D eigenvalue weighted by Crippen LogP contribution is 2.25. The molecule has 0 aliphatic heterocycles. The second-order valence-electron chi connectivity index (χ2n) is 6.77. The number of benzene rings is 1. The van der Waals surface area contributed by atoms with E-state index in [9.17, 15) is 4.79 Å². The highest BCUT2D eigenvalue weighted by Gasteiger charge is 2.30. The third-order valence-corrected chi connectivity index (χ3v) is 4.39. The number of rotatable bonds is 5. The lowest BCUT2D eigenvalue weighted by atomic mass is 9.99. The van der Waals surface area contributed by atoms with Gasteiger partial charge in [0.1, 0.15) is 0 Å². The minimum Gasteiger partial charge on any atom is -0.349 e. The van der Waals surface area contributed by atoms with Crippen molar-refractivity contribution in [2.45, 2.75) is 58.5 Å². The molecule has 2 rings (SSSR count). The number of amides is 1. The fourth-order valence-corrected chi connectivity index (χ4v) is 3.13. The van der Waals surface area contributed by atoms with E-state index in [0.717, 1.165) is 31.2 Å². The number of carbonyl (C=O) groups is 1. The van der Waals surface area contributed by atoms with Gasteiger partial charge in [-0.2, -0.15) is 0 Å². The Morgan fingerprint density at radius 1 is 1.23 bits per heavy atom. The highest BCUT2D eigenvalue weighted by molar-refractivity contribution is 5.85. The van der Waals surface area contributed by atoms with Crippen molar-refractivity contribution in [2.75, 3.05) is 0 Å². The number of carbonyl (C=O) groups excluding carboxylic acids is 1. The molecule has 0 heterocycles. The van der Waals surface area contributed by atoms with Gasteiger partial charge in [-0.05, 0) is 43.2 Å². The molecule has 124 valence electrons. The van der Waals surface area contributed by atoms with Crippen LogP contribution in [-0.2, 0) is 11.2 Å². The fourth-order valence-electron chi connectivity index (χ4n) is 3.13. The predicted octanol–water partition coefficient (Wildman–Crippen LogP) is 3.61. The van der Waals surface area contributed by atoms with Crippen molar-refractivity contribution in [3.05, 3.63) is 35.4 Å². The van der Waals surface area contributed by atoms with Gasteiger partial charge >= 0.3 is 0 Å². The molecular weight excluding hydrogens is 296 g/mol. The summed E-state index contributed by atoms with van der Waals surface area (Å²) in [4.78, 5) is 12.3. The van der Waals surface area contributed by atoms with Crippen LogP contribution in [0.15, 0.2) is 24.3 Å². The van der Waals surface area contributed by atoms with Gasteiger partial charge < -0.3 is 11.1 Å². The topological polar surface area (TPSA) is 55.1 Å². The molecule has 1 saturated carbocycles. The van der Waals surface area contributed by atoms with Gasteiger partial charge in [0.15, 0.2) is 0 Å². The second-order valence-corrected chi connectivity index (χ2v) is 6.77. The zero-order valence-corrected chi connectivity index (χ0v) is 14.7. The molecule has 1 aromatic rings. The van der Waals surface area contributed by atoms with Gasteiger partial charge in [-0.15, -0.1) is 12.4 Å². The van der Waals surface area contributed by atoms with Crippen molar-refractivity contribution in [2.24, 2.45) is 17.6 Å². The van der Waals surface area contributed by atoms with E-state index in [-0.39, 0.29) is 36.3 Å². The summed E-state index contributed by atoms with van der Waals surface area (Å²) in [7, 11) is 0. The number of hydrogen-bond acceptors (Lipinski definition) is 2. The van der Waals surface area contributed by atoms with E-state index in [1.54, 1.807) is 0 Å². The first kappa shape index (κ1) is 19.0. The van der Waals surface area contributed by atoms with Crippen LogP contribution >= 0.6 is 12.4 Å². The molecule has 1 aliphatic carbocycles. The number of nitrogens with one attached hydrogen (secondary N) is 1. The molecule has 0 bridgehead atoms. The van der Waals surface area contributed by atoms with Gasteiger partial charge in [0.2, 0.25) is 5.91 Å². The molecule has 1 aliphatic rings. The Balaban J connectivity index is 0.00000242. The normalized spacial score (nSPS) is 22.2.